The summed E-state index contributed by atoms with van der Waals surface area (Å²) in [5.41, 5.74) is 0.824. The number of aromatic hydroxyl groups is 1. The van der Waals surface area contributed by atoms with Gasteiger partial charge >= 0.3 is 0 Å². The molecule has 2 heterocycles. The summed E-state index contributed by atoms with van der Waals surface area (Å²) in [6, 6.07) is 12.8. The number of para-hydroxylation sites is 1. The number of nitrogens with one attached hydrogen (secondary N) is 1. The fourth-order valence-corrected chi connectivity index (χ4v) is 1.70. The van der Waals surface area contributed by atoms with E-state index in [0.29, 0.717) is 11.6 Å². The third-order valence-electron chi connectivity index (χ3n) is 2.56. The molecule has 0 aliphatic rings. The maximum Gasteiger partial charge on any atom is 0.196 e. The van der Waals surface area contributed by atoms with E-state index in [0.717, 1.165) is 10.9 Å². The predicted octanol–water partition coefficient (Wildman–Crippen LogP) is 3.68. The molecule has 3 aromatic rings. The molecule has 0 aliphatic carbocycles. The monoisotopic (exact) mass is 238 g/mol. The Labute approximate surface area is 103 Å². The van der Waals surface area contributed by atoms with Gasteiger partial charge < -0.3 is 10.1 Å². The lowest BCUT2D eigenvalue weighted by Gasteiger charge is -1.90. The predicted molar refractivity (Wildman–Crippen MR) is 68.4 cm³/mol. The van der Waals surface area contributed by atoms with E-state index in [2.05, 4.69) is 20.2 Å². The van der Waals surface area contributed by atoms with Gasteiger partial charge in [0.05, 0.1) is 5.52 Å². The third-order valence-corrected chi connectivity index (χ3v) is 2.56. The summed E-state index contributed by atoms with van der Waals surface area (Å²) >= 11 is 0. The highest BCUT2D eigenvalue weighted by Gasteiger charge is 2.08. The van der Waals surface area contributed by atoms with Crippen molar-refractivity contribution in [3.05, 3.63) is 48.7 Å². The highest BCUT2D eigenvalue weighted by molar-refractivity contribution is 5.90. The molecular weight excluding hydrogens is 228 g/mol. The number of nitrogens with zero attached hydrogens (tertiary/aromatic N) is 3. The van der Waals surface area contributed by atoms with Crippen molar-refractivity contribution >= 4 is 22.5 Å². The van der Waals surface area contributed by atoms with E-state index in [9.17, 15) is 5.11 Å². The highest BCUT2D eigenvalue weighted by Crippen LogP contribution is 2.35. The Hall–Kier alpha value is -2.69. The Morgan fingerprint density at radius 2 is 1.83 bits per heavy atom. The van der Waals surface area contributed by atoms with Crippen molar-refractivity contribution < 1.29 is 5.11 Å². The molecule has 5 nitrogen and oxygen atoms in total. The maximum absolute atomic E-state index is 9.96. The summed E-state index contributed by atoms with van der Waals surface area (Å²) < 4.78 is 0. The number of hydrogen-bond acceptors (Lipinski definition) is 4. The first-order chi connectivity index (χ1) is 8.84. The maximum atomic E-state index is 9.96. The van der Waals surface area contributed by atoms with Crippen LogP contribution in [0.1, 0.15) is 0 Å². The van der Waals surface area contributed by atoms with Crippen molar-refractivity contribution in [1.29, 1.82) is 0 Å². The molecule has 18 heavy (non-hydrogen) atoms. The standard InChI is InChI=1S/C13H10N4O/c18-12-9-5-1-2-6-10(9)15-13(12)17-16-11-7-3-4-8-14-11/h1-8,15,18H/b17-16+. The number of azo groups is 1. The van der Waals surface area contributed by atoms with Crippen LogP contribution in [0.2, 0.25) is 0 Å². The fourth-order valence-electron chi connectivity index (χ4n) is 1.70. The SMILES string of the molecule is Oc1c(/N=N/c2ccccn2)[nH]c2ccccc12. The Balaban J connectivity index is 2.00. The topological polar surface area (TPSA) is 73.6 Å². The Morgan fingerprint density at radius 3 is 2.61 bits per heavy atom. The van der Waals surface area contributed by atoms with Gasteiger partial charge in [-0.3, -0.25) is 0 Å². The number of rotatable bonds is 2. The van der Waals surface area contributed by atoms with Gasteiger partial charge in [-0.2, -0.15) is 0 Å². The fraction of sp³-hybridized carbons (Fsp3) is 0. The van der Waals surface area contributed by atoms with Crippen molar-refractivity contribution in [2.75, 3.05) is 0 Å². The molecule has 0 radical (unpaired) electrons. The largest absolute Gasteiger partial charge is 0.504 e. The van der Waals surface area contributed by atoms with Crippen molar-refractivity contribution in [2.45, 2.75) is 0 Å². The Bertz CT molecular complexity index is 703. The van der Waals surface area contributed by atoms with Gasteiger partial charge in [0, 0.05) is 11.6 Å². The molecule has 0 amide bonds. The lowest BCUT2D eigenvalue weighted by Crippen LogP contribution is -1.69. The van der Waals surface area contributed by atoms with Gasteiger partial charge in [0.15, 0.2) is 17.4 Å². The van der Waals surface area contributed by atoms with Gasteiger partial charge in [0.2, 0.25) is 0 Å². The minimum absolute atomic E-state index is 0.102. The van der Waals surface area contributed by atoms with Crippen molar-refractivity contribution in [3.63, 3.8) is 0 Å². The van der Waals surface area contributed by atoms with E-state index >= 15 is 0 Å². The van der Waals surface area contributed by atoms with E-state index in [1.54, 1.807) is 18.3 Å². The highest BCUT2D eigenvalue weighted by atomic mass is 16.3. The third kappa shape index (κ3) is 1.82. The van der Waals surface area contributed by atoms with Gasteiger partial charge in [-0.1, -0.05) is 18.2 Å². The minimum atomic E-state index is 0.102. The van der Waals surface area contributed by atoms with Gasteiger partial charge in [-0.15, -0.1) is 10.2 Å². The molecule has 0 aliphatic heterocycles. The van der Waals surface area contributed by atoms with Crippen LogP contribution in [0, 0.1) is 0 Å². The molecule has 0 saturated carbocycles. The molecule has 3 rings (SSSR count). The van der Waals surface area contributed by atoms with Gasteiger partial charge in [-0.25, -0.2) is 4.98 Å². The number of hydrogen-bond donors (Lipinski definition) is 2. The molecule has 0 saturated heterocycles. The summed E-state index contributed by atoms with van der Waals surface area (Å²) in [6.45, 7) is 0. The quantitative estimate of drug-likeness (QED) is 0.668. The smallest absolute Gasteiger partial charge is 0.196 e. The molecular formula is C13H10N4O. The second-order valence-electron chi connectivity index (χ2n) is 3.76. The molecule has 88 valence electrons. The summed E-state index contributed by atoms with van der Waals surface area (Å²) in [6.07, 6.45) is 1.64. The Kier molecular flexibility index (Phi) is 2.49. The molecule has 0 unspecified atom stereocenters. The molecule has 0 fully saturated rings. The number of benzene rings is 1. The van der Waals surface area contributed by atoms with E-state index < -0.39 is 0 Å². The van der Waals surface area contributed by atoms with Crippen molar-refractivity contribution in [3.8, 4) is 5.75 Å². The van der Waals surface area contributed by atoms with Crippen LogP contribution < -0.4 is 0 Å². The zero-order valence-corrected chi connectivity index (χ0v) is 9.41. The number of pyridine rings is 1. The van der Waals surface area contributed by atoms with E-state index in [4.69, 9.17) is 0 Å². The molecule has 0 spiro atoms. The van der Waals surface area contributed by atoms with Crippen LogP contribution in [0.5, 0.6) is 5.75 Å². The zero-order chi connectivity index (χ0) is 12.4. The number of aromatic nitrogens is 2. The second kappa shape index (κ2) is 4.29. The first kappa shape index (κ1) is 10.5. The summed E-state index contributed by atoms with van der Waals surface area (Å²) in [5.74, 6) is 0.933. The normalized spacial score (nSPS) is 11.3. The minimum Gasteiger partial charge on any atom is -0.504 e. The number of aromatic amines is 1. The molecule has 5 heteroatoms. The molecule has 0 bridgehead atoms. The summed E-state index contributed by atoms with van der Waals surface area (Å²) in [7, 11) is 0. The molecule has 2 N–H and O–H groups in total. The second-order valence-corrected chi connectivity index (χ2v) is 3.76. The summed E-state index contributed by atoms with van der Waals surface area (Å²) in [5, 5.41) is 18.6. The molecule has 2 aromatic heterocycles. The molecule has 0 atom stereocenters. The van der Waals surface area contributed by atoms with Crippen molar-refractivity contribution in [1.82, 2.24) is 9.97 Å². The van der Waals surface area contributed by atoms with Crippen LogP contribution in [0.25, 0.3) is 10.9 Å². The van der Waals surface area contributed by atoms with Crippen LogP contribution in [-0.4, -0.2) is 15.1 Å². The van der Waals surface area contributed by atoms with Crippen LogP contribution in [0.15, 0.2) is 58.9 Å². The average Bonchev–Trinajstić information content (AvgIpc) is 2.75. The lowest BCUT2D eigenvalue weighted by molar-refractivity contribution is 0.482. The van der Waals surface area contributed by atoms with Crippen molar-refractivity contribution in [2.24, 2.45) is 10.2 Å². The van der Waals surface area contributed by atoms with Crippen LogP contribution in [0.3, 0.4) is 0 Å². The van der Waals surface area contributed by atoms with Crippen LogP contribution >= 0.6 is 0 Å². The number of H-pyrrole nitrogens is 1. The van der Waals surface area contributed by atoms with E-state index in [-0.39, 0.29) is 5.75 Å². The zero-order valence-electron chi connectivity index (χ0n) is 9.41. The number of fused-ring (bicyclic) bond motifs is 1. The first-order valence-electron chi connectivity index (χ1n) is 5.47. The van der Waals surface area contributed by atoms with Gasteiger partial charge in [0.25, 0.3) is 0 Å². The van der Waals surface area contributed by atoms with Crippen LogP contribution in [0.4, 0.5) is 11.6 Å². The van der Waals surface area contributed by atoms with Crippen LogP contribution in [-0.2, 0) is 0 Å². The average molecular weight is 238 g/mol. The first-order valence-corrected chi connectivity index (χ1v) is 5.47. The summed E-state index contributed by atoms with van der Waals surface area (Å²) in [4.78, 5) is 7.02. The molecule has 1 aromatic carbocycles. The van der Waals surface area contributed by atoms with E-state index in [1.807, 2.05) is 30.3 Å². The lowest BCUT2D eigenvalue weighted by atomic mass is 10.2. The van der Waals surface area contributed by atoms with E-state index in [1.165, 1.54) is 0 Å². The van der Waals surface area contributed by atoms with Gasteiger partial charge in [0.1, 0.15) is 0 Å². The Morgan fingerprint density at radius 1 is 1.00 bits per heavy atom. The van der Waals surface area contributed by atoms with Gasteiger partial charge in [-0.05, 0) is 24.3 Å².